The molecule has 0 unspecified atom stereocenters. The Morgan fingerprint density at radius 3 is 1.79 bits per heavy atom. The van der Waals surface area contributed by atoms with Gasteiger partial charge in [-0.05, 0) is 17.5 Å². The number of nitrogens with zero attached hydrogens (tertiary/aromatic N) is 1. The molecule has 2 aromatic carbocycles. The standard InChI is InChI=1S/C16H15N2P/c1-13-12-17-16(18-13)19(14-8-4-2-5-9-14)15-10-6-3-7-11-15/h2-12H,1H3,(H,17,18). The van der Waals surface area contributed by atoms with Crippen LogP contribution in [0.15, 0.2) is 66.9 Å². The van der Waals surface area contributed by atoms with Gasteiger partial charge in [-0.3, -0.25) is 0 Å². The normalized spacial score (nSPS) is 10.8. The second kappa shape index (κ2) is 5.38. The summed E-state index contributed by atoms with van der Waals surface area (Å²) in [6.07, 6.45) is 1.90. The van der Waals surface area contributed by atoms with Crippen LogP contribution < -0.4 is 16.2 Å². The monoisotopic (exact) mass is 266 g/mol. The fourth-order valence-electron chi connectivity index (χ4n) is 2.06. The minimum Gasteiger partial charge on any atom is -0.342 e. The molecule has 1 heterocycles. The lowest BCUT2D eigenvalue weighted by Gasteiger charge is -2.15. The molecule has 0 bridgehead atoms. The zero-order valence-corrected chi connectivity index (χ0v) is 11.6. The number of hydrogen-bond acceptors (Lipinski definition) is 1. The number of aromatic nitrogens is 2. The van der Waals surface area contributed by atoms with Crippen LogP contribution in [0.5, 0.6) is 0 Å². The van der Waals surface area contributed by atoms with E-state index in [9.17, 15) is 0 Å². The van der Waals surface area contributed by atoms with Crippen LogP contribution in [0.3, 0.4) is 0 Å². The predicted octanol–water partition coefficient (Wildman–Crippen LogP) is 2.48. The van der Waals surface area contributed by atoms with E-state index < -0.39 is 7.92 Å². The summed E-state index contributed by atoms with van der Waals surface area (Å²) in [5, 5.41) is 2.64. The number of H-pyrrole nitrogens is 1. The van der Waals surface area contributed by atoms with Crippen LogP contribution in [0.25, 0.3) is 0 Å². The third kappa shape index (κ3) is 2.59. The molecule has 0 aliphatic carbocycles. The van der Waals surface area contributed by atoms with Crippen molar-refractivity contribution in [2.75, 3.05) is 0 Å². The van der Waals surface area contributed by atoms with E-state index in [1.54, 1.807) is 0 Å². The molecule has 1 aromatic heterocycles. The summed E-state index contributed by atoms with van der Waals surface area (Å²) in [4.78, 5) is 7.93. The smallest absolute Gasteiger partial charge is 0.138 e. The molecule has 0 spiro atoms. The molecule has 3 aromatic rings. The van der Waals surface area contributed by atoms with E-state index in [4.69, 9.17) is 0 Å². The summed E-state index contributed by atoms with van der Waals surface area (Å²) in [7, 11) is -0.592. The van der Waals surface area contributed by atoms with Crippen molar-refractivity contribution in [3.63, 3.8) is 0 Å². The first-order valence-electron chi connectivity index (χ1n) is 6.26. The van der Waals surface area contributed by atoms with Crippen molar-refractivity contribution in [1.82, 2.24) is 9.97 Å². The molecular formula is C16H15N2P. The number of aromatic amines is 1. The van der Waals surface area contributed by atoms with Crippen LogP contribution in [0, 0.1) is 6.92 Å². The number of hydrogen-bond donors (Lipinski definition) is 1. The van der Waals surface area contributed by atoms with Crippen molar-refractivity contribution in [2.45, 2.75) is 6.92 Å². The minimum atomic E-state index is -0.592. The molecule has 19 heavy (non-hydrogen) atoms. The summed E-state index contributed by atoms with van der Waals surface area (Å²) in [6.45, 7) is 2.04. The van der Waals surface area contributed by atoms with Crippen molar-refractivity contribution in [3.8, 4) is 0 Å². The fraction of sp³-hybridized carbons (Fsp3) is 0.0625. The molecule has 0 saturated carbocycles. The first kappa shape index (κ1) is 12.1. The third-order valence-electron chi connectivity index (χ3n) is 2.93. The van der Waals surface area contributed by atoms with Gasteiger partial charge in [0.05, 0.1) is 0 Å². The van der Waals surface area contributed by atoms with E-state index in [1.165, 1.54) is 10.6 Å². The average Bonchev–Trinajstić information content (AvgIpc) is 2.88. The van der Waals surface area contributed by atoms with Gasteiger partial charge in [-0.2, -0.15) is 0 Å². The molecule has 1 N–H and O–H groups in total. The van der Waals surface area contributed by atoms with Gasteiger partial charge in [0.2, 0.25) is 0 Å². The maximum atomic E-state index is 4.54. The molecule has 0 radical (unpaired) electrons. The number of benzene rings is 2. The van der Waals surface area contributed by atoms with Crippen molar-refractivity contribution in [2.24, 2.45) is 0 Å². The molecule has 0 atom stereocenters. The van der Waals surface area contributed by atoms with E-state index in [-0.39, 0.29) is 0 Å². The van der Waals surface area contributed by atoms with E-state index in [1.807, 2.05) is 13.1 Å². The van der Waals surface area contributed by atoms with Crippen LogP contribution in [0.2, 0.25) is 0 Å². The highest BCUT2D eigenvalue weighted by Gasteiger charge is 2.18. The second-order valence-electron chi connectivity index (χ2n) is 4.40. The molecule has 2 nitrogen and oxygen atoms in total. The van der Waals surface area contributed by atoms with Gasteiger partial charge in [0.1, 0.15) is 5.57 Å². The fourth-order valence-corrected chi connectivity index (χ4v) is 4.25. The number of aryl methyl sites for hydroxylation is 1. The minimum absolute atomic E-state index is 0.592. The van der Waals surface area contributed by atoms with Gasteiger partial charge in [-0.15, -0.1) is 0 Å². The zero-order chi connectivity index (χ0) is 13.1. The molecule has 0 saturated heterocycles. The Balaban J connectivity index is 2.11. The topological polar surface area (TPSA) is 28.7 Å². The summed E-state index contributed by atoms with van der Waals surface area (Å²) >= 11 is 0. The lowest BCUT2D eigenvalue weighted by atomic mass is 10.4. The largest absolute Gasteiger partial charge is 0.342 e. The van der Waals surface area contributed by atoms with Gasteiger partial charge in [0, 0.05) is 19.8 Å². The quantitative estimate of drug-likeness (QED) is 0.725. The lowest BCUT2D eigenvalue weighted by molar-refractivity contribution is 1.30. The molecule has 3 rings (SSSR count). The van der Waals surface area contributed by atoms with E-state index >= 15 is 0 Å². The van der Waals surface area contributed by atoms with Crippen LogP contribution in [0.4, 0.5) is 0 Å². The average molecular weight is 266 g/mol. The number of imidazole rings is 1. The third-order valence-corrected chi connectivity index (χ3v) is 5.21. The molecule has 0 aliphatic rings. The van der Waals surface area contributed by atoms with Crippen LogP contribution in [0.1, 0.15) is 5.69 Å². The molecular weight excluding hydrogens is 251 g/mol. The van der Waals surface area contributed by atoms with E-state index in [0.717, 1.165) is 11.3 Å². The summed E-state index contributed by atoms with van der Waals surface area (Å²) in [5.41, 5.74) is 2.17. The Morgan fingerprint density at radius 2 is 1.37 bits per heavy atom. The summed E-state index contributed by atoms with van der Waals surface area (Å²) < 4.78 is 0. The van der Waals surface area contributed by atoms with E-state index in [0.29, 0.717) is 0 Å². The van der Waals surface area contributed by atoms with Crippen molar-refractivity contribution < 1.29 is 0 Å². The Labute approximate surface area is 114 Å². The van der Waals surface area contributed by atoms with E-state index in [2.05, 4.69) is 70.6 Å². The Morgan fingerprint density at radius 1 is 0.842 bits per heavy atom. The Bertz CT molecular complexity index is 607. The van der Waals surface area contributed by atoms with Gasteiger partial charge in [-0.25, -0.2) is 4.98 Å². The van der Waals surface area contributed by atoms with Crippen LogP contribution in [-0.4, -0.2) is 9.97 Å². The lowest BCUT2D eigenvalue weighted by Crippen LogP contribution is -2.22. The zero-order valence-electron chi connectivity index (χ0n) is 10.7. The van der Waals surface area contributed by atoms with Gasteiger partial charge in [0.25, 0.3) is 0 Å². The first-order valence-corrected chi connectivity index (χ1v) is 7.60. The first-order chi connectivity index (χ1) is 9.34. The predicted molar refractivity (Wildman–Crippen MR) is 82.0 cm³/mol. The maximum Gasteiger partial charge on any atom is 0.138 e. The molecule has 0 fully saturated rings. The maximum absolute atomic E-state index is 4.54. The highest BCUT2D eigenvalue weighted by atomic mass is 31.1. The Hall–Kier alpha value is -1.92. The highest BCUT2D eigenvalue weighted by molar-refractivity contribution is 7.79. The number of rotatable bonds is 3. The molecule has 0 amide bonds. The second-order valence-corrected chi connectivity index (χ2v) is 6.52. The number of nitrogens with one attached hydrogen (secondary N) is 1. The van der Waals surface area contributed by atoms with Crippen molar-refractivity contribution in [3.05, 3.63) is 72.6 Å². The van der Waals surface area contributed by atoms with Crippen molar-refractivity contribution in [1.29, 1.82) is 0 Å². The van der Waals surface area contributed by atoms with Gasteiger partial charge in [-0.1, -0.05) is 60.7 Å². The van der Waals surface area contributed by atoms with Crippen LogP contribution in [-0.2, 0) is 0 Å². The SMILES string of the molecule is Cc1cnc(P(c2ccccc2)c2ccccc2)[nH]1. The van der Waals surface area contributed by atoms with Gasteiger partial charge < -0.3 is 4.98 Å². The highest BCUT2D eigenvalue weighted by Crippen LogP contribution is 2.30. The van der Waals surface area contributed by atoms with Gasteiger partial charge in [0.15, 0.2) is 0 Å². The van der Waals surface area contributed by atoms with Gasteiger partial charge >= 0.3 is 0 Å². The van der Waals surface area contributed by atoms with Crippen LogP contribution >= 0.6 is 7.92 Å². The molecule has 94 valence electrons. The summed E-state index contributed by atoms with van der Waals surface area (Å²) in [6, 6.07) is 21.2. The van der Waals surface area contributed by atoms with Crippen molar-refractivity contribution >= 4 is 24.1 Å². The Kier molecular flexibility index (Phi) is 3.43. The summed E-state index contributed by atoms with van der Waals surface area (Å²) in [5.74, 6) is 0. The molecule has 0 aliphatic heterocycles. The molecule has 3 heteroatoms.